The molecule has 0 aromatic heterocycles. The van der Waals surface area contributed by atoms with Crippen molar-refractivity contribution in [3.63, 3.8) is 0 Å². The molecule has 15 heavy (non-hydrogen) atoms. The van der Waals surface area contributed by atoms with Crippen molar-refractivity contribution < 1.29 is 9.90 Å². The van der Waals surface area contributed by atoms with Crippen molar-refractivity contribution in [3.8, 4) is 0 Å². The van der Waals surface area contributed by atoms with Crippen molar-refractivity contribution in [2.45, 2.75) is 66.2 Å². The van der Waals surface area contributed by atoms with Gasteiger partial charge in [0, 0.05) is 6.42 Å². The molecule has 0 saturated heterocycles. The van der Waals surface area contributed by atoms with Gasteiger partial charge < -0.3 is 5.11 Å². The van der Waals surface area contributed by atoms with E-state index in [4.69, 9.17) is 5.11 Å². The summed E-state index contributed by atoms with van der Waals surface area (Å²) in [6, 6.07) is 0. The average Bonchev–Trinajstić information content (AvgIpc) is 1.99. The zero-order valence-electron chi connectivity index (χ0n) is 10.7. The Morgan fingerprint density at radius 3 is 2.27 bits per heavy atom. The summed E-state index contributed by atoms with van der Waals surface area (Å²) in [4.78, 5) is 10.3. The third-order valence-electron chi connectivity index (χ3n) is 2.55. The van der Waals surface area contributed by atoms with Gasteiger partial charge in [-0.25, -0.2) is 0 Å². The summed E-state index contributed by atoms with van der Waals surface area (Å²) in [6.45, 7) is 9.11. The molecule has 0 aromatic carbocycles. The number of carboxylic acid groups (broad SMARTS) is 1. The highest BCUT2D eigenvalue weighted by Gasteiger charge is 2.14. The van der Waals surface area contributed by atoms with Crippen LogP contribution in [0.25, 0.3) is 0 Å². The molecule has 0 radical (unpaired) electrons. The van der Waals surface area contributed by atoms with Crippen molar-refractivity contribution >= 4 is 5.97 Å². The Labute approximate surface area is 94.1 Å². The number of unbranched alkanes of at least 4 members (excludes halogenated alkanes) is 2. The Morgan fingerprint density at radius 2 is 1.80 bits per heavy atom. The van der Waals surface area contributed by atoms with Crippen LogP contribution < -0.4 is 0 Å². The first-order chi connectivity index (χ1) is 6.81. The molecule has 90 valence electrons. The van der Waals surface area contributed by atoms with E-state index in [1.165, 1.54) is 19.3 Å². The summed E-state index contributed by atoms with van der Waals surface area (Å²) in [5.41, 5.74) is 0.417. The Morgan fingerprint density at radius 1 is 1.20 bits per heavy atom. The van der Waals surface area contributed by atoms with Crippen molar-refractivity contribution in [3.05, 3.63) is 0 Å². The van der Waals surface area contributed by atoms with Crippen LogP contribution in [0.2, 0.25) is 0 Å². The quantitative estimate of drug-likeness (QED) is 0.648. The maximum absolute atomic E-state index is 10.3. The monoisotopic (exact) mass is 214 g/mol. The largest absolute Gasteiger partial charge is 0.481 e. The Kier molecular flexibility index (Phi) is 6.62. The molecule has 0 spiro atoms. The van der Waals surface area contributed by atoms with Gasteiger partial charge in [-0.3, -0.25) is 4.79 Å². The van der Waals surface area contributed by atoms with Crippen LogP contribution in [0.15, 0.2) is 0 Å². The van der Waals surface area contributed by atoms with Gasteiger partial charge in [0.1, 0.15) is 0 Å². The average molecular weight is 214 g/mol. The topological polar surface area (TPSA) is 37.3 Å². The zero-order chi connectivity index (χ0) is 11.9. The number of carboxylic acids is 1. The van der Waals surface area contributed by atoms with Gasteiger partial charge in [-0.15, -0.1) is 0 Å². The van der Waals surface area contributed by atoms with E-state index in [1.54, 1.807) is 0 Å². The Balaban J connectivity index is 3.39. The van der Waals surface area contributed by atoms with Crippen LogP contribution in [0.1, 0.15) is 66.2 Å². The van der Waals surface area contributed by atoms with E-state index in [-0.39, 0.29) is 0 Å². The molecule has 0 amide bonds. The maximum atomic E-state index is 10.3. The smallest absolute Gasteiger partial charge is 0.303 e. The summed E-state index contributed by atoms with van der Waals surface area (Å²) < 4.78 is 0. The number of carbonyl (C=O) groups is 1. The first-order valence-electron chi connectivity index (χ1n) is 6.03. The molecule has 1 unspecified atom stereocenters. The molecule has 0 fully saturated rings. The lowest BCUT2D eigenvalue weighted by atomic mass is 9.83. The summed E-state index contributed by atoms with van der Waals surface area (Å²) in [7, 11) is 0. The van der Waals surface area contributed by atoms with Crippen LogP contribution in [0.4, 0.5) is 0 Å². The van der Waals surface area contributed by atoms with E-state index in [1.807, 2.05) is 0 Å². The maximum Gasteiger partial charge on any atom is 0.303 e. The van der Waals surface area contributed by atoms with Crippen molar-refractivity contribution in [1.82, 2.24) is 0 Å². The van der Waals surface area contributed by atoms with Gasteiger partial charge >= 0.3 is 5.97 Å². The molecule has 0 aliphatic rings. The van der Waals surface area contributed by atoms with Gasteiger partial charge in [0.25, 0.3) is 0 Å². The fourth-order valence-corrected chi connectivity index (χ4v) is 2.09. The summed E-state index contributed by atoms with van der Waals surface area (Å²) in [5, 5.41) is 8.47. The van der Waals surface area contributed by atoms with Crippen molar-refractivity contribution in [2.75, 3.05) is 0 Å². The predicted octanol–water partition coefficient (Wildman–Crippen LogP) is 4.09. The second kappa shape index (κ2) is 6.86. The van der Waals surface area contributed by atoms with Gasteiger partial charge in [-0.05, 0) is 24.2 Å². The van der Waals surface area contributed by atoms with Crippen LogP contribution in [0.3, 0.4) is 0 Å². The SMILES string of the molecule is CC(CCCCCC(=O)O)CC(C)(C)C. The van der Waals surface area contributed by atoms with Crippen LogP contribution in [-0.4, -0.2) is 11.1 Å². The van der Waals surface area contributed by atoms with Crippen LogP contribution >= 0.6 is 0 Å². The predicted molar refractivity (Wildman–Crippen MR) is 64.0 cm³/mol. The lowest BCUT2D eigenvalue weighted by Crippen LogP contribution is -2.10. The third kappa shape index (κ3) is 11.4. The second-order valence-corrected chi connectivity index (χ2v) is 5.86. The molecule has 1 atom stereocenters. The first kappa shape index (κ1) is 14.5. The fourth-order valence-electron chi connectivity index (χ4n) is 2.09. The number of rotatable bonds is 7. The van der Waals surface area contributed by atoms with E-state index in [2.05, 4.69) is 27.7 Å². The molecule has 0 bridgehead atoms. The first-order valence-corrected chi connectivity index (χ1v) is 6.03. The van der Waals surface area contributed by atoms with Crippen LogP contribution in [0.5, 0.6) is 0 Å². The zero-order valence-corrected chi connectivity index (χ0v) is 10.7. The normalized spacial score (nSPS) is 13.9. The van der Waals surface area contributed by atoms with Crippen molar-refractivity contribution in [2.24, 2.45) is 11.3 Å². The molecule has 0 aliphatic heterocycles. The summed E-state index contributed by atoms with van der Waals surface area (Å²) in [5.74, 6) is 0.0903. The van der Waals surface area contributed by atoms with Gasteiger partial charge in [0.15, 0.2) is 0 Å². The highest BCUT2D eigenvalue weighted by Crippen LogP contribution is 2.27. The van der Waals surface area contributed by atoms with E-state index < -0.39 is 5.97 Å². The fraction of sp³-hybridized carbons (Fsp3) is 0.923. The lowest BCUT2D eigenvalue weighted by Gasteiger charge is -2.23. The van der Waals surface area contributed by atoms with Gasteiger partial charge in [-0.1, -0.05) is 47.0 Å². The Hall–Kier alpha value is -0.530. The summed E-state index contributed by atoms with van der Waals surface area (Å²) in [6.07, 6.45) is 5.87. The van der Waals surface area contributed by atoms with E-state index in [9.17, 15) is 4.79 Å². The molecule has 0 aromatic rings. The van der Waals surface area contributed by atoms with Crippen LogP contribution in [0, 0.1) is 11.3 Å². The lowest BCUT2D eigenvalue weighted by molar-refractivity contribution is -0.137. The molecular formula is C13H26O2. The van der Waals surface area contributed by atoms with Crippen LogP contribution in [-0.2, 0) is 4.79 Å². The van der Waals surface area contributed by atoms with E-state index in [0.717, 1.165) is 18.8 Å². The minimum absolute atomic E-state index is 0.327. The highest BCUT2D eigenvalue weighted by atomic mass is 16.4. The Bertz CT molecular complexity index is 179. The number of hydrogen-bond acceptors (Lipinski definition) is 1. The molecule has 2 heteroatoms. The molecule has 1 N–H and O–H groups in total. The van der Waals surface area contributed by atoms with Gasteiger partial charge in [0.2, 0.25) is 0 Å². The van der Waals surface area contributed by atoms with Gasteiger partial charge in [0.05, 0.1) is 0 Å². The van der Waals surface area contributed by atoms with E-state index in [0.29, 0.717) is 11.8 Å². The molecular weight excluding hydrogens is 188 g/mol. The molecule has 0 heterocycles. The van der Waals surface area contributed by atoms with Gasteiger partial charge in [-0.2, -0.15) is 0 Å². The molecule has 0 rings (SSSR count). The molecule has 2 nitrogen and oxygen atoms in total. The number of hydrogen-bond donors (Lipinski definition) is 1. The third-order valence-corrected chi connectivity index (χ3v) is 2.55. The highest BCUT2D eigenvalue weighted by molar-refractivity contribution is 5.66. The second-order valence-electron chi connectivity index (χ2n) is 5.86. The molecule has 0 aliphatic carbocycles. The summed E-state index contributed by atoms with van der Waals surface area (Å²) >= 11 is 0. The number of aliphatic carboxylic acids is 1. The molecule has 0 saturated carbocycles. The van der Waals surface area contributed by atoms with Crippen molar-refractivity contribution in [1.29, 1.82) is 0 Å². The minimum atomic E-state index is -0.669. The minimum Gasteiger partial charge on any atom is -0.481 e. The standard InChI is InChI=1S/C13H26O2/c1-11(10-13(2,3)4)8-6-5-7-9-12(14)15/h11H,5-10H2,1-4H3,(H,14,15). The van der Waals surface area contributed by atoms with E-state index >= 15 is 0 Å².